The molecule has 6 heteroatoms. The van der Waals surface area contributed by atoms with Gasteiger partial charge in [0, 0.05) is 49.5 Å². The maximum atomic E-state index is 13.1. The van der Waals surface area contributed by atoms with Gasteiger partial charge in [0.2, 0.25) is 0 Å². The zero-order chi connectivity index (χ0) is 19.9. The van der Waals surface area contributed by atoms with Crippen LogP contribution in [-0.4, -0.2) is 49.4 Å². The minimum atomic E-state index is -0.254. The molecule has 2 aromatic carbocycles. The second-order valence-electron chi connectivity index (χ2n) is 6.95. The topological polar surface area (TPSA) is 52.7 Å². The highest BCUT2D eigenvalue weighted by atomic mass is 19.1. The summed E-state index contributed by atoms with van der Waals surface area (Å²) in [6, 6.07) is 13.3. The lowest BCUT2D eigenvalue weighted by Crippen LogP contribution is -2.48. The number of hydrogen-bond donors (Lipinski definition) is 1. The second kappa shape index (κ2) is 9.35. The smallest absolute Gasteiger partial charge is 0.253 e. The quantitative estimate of drug-likeness (QED) is 0.779. The van der Waals surface area contributed by atoms with E-state index in [1.165, 1.54) is 12.1 Å². The van der Waals surface area contributed by atoms with E-state index in [2.05, 4.69) is 17.1 Å². The molecular weight excluding hydrogens is 357 g/mol. The predicted octanol–water partition coefficient (Wildman–Crippen LogP) is 3.32. The van der Waals surface area contributed by atoms with Crippen LogP contribution in [0.3, 0.4) is 0 Å². The largest absolute Gasteiger partial charge is 0.368 e. The molecule has 0 bridgehead atoms. The van der Waals surface area contributed by atoms with Gasteiger partial charge >= 0.3 is 0 Å². The Morgan fingerprint density at radius 1 is 1.00 bits per heavy atom. The molecular formula is C22H26FN3O2. The molecule has 0 atom stereocenters. The summed E-state index contributed by atoms with van der Waals surface area (Å²) in [4.78, 5) is 29.0. The molecule has 1 aliphatic rings. The molecule has 28 heavy (non-hydrogen) atoms. The van der Waals surface area contributed by atoms with Crippen LogP contribution in [0, 0.1) is 5.82 Å². The third-order valence-electron chi connectivity index (χ3n) is 4.95. The molecule has 0 aliphatic carbocycles. The highest BCUT2D eigenvalue weighted by Gasteiger charge is 2.23. The number of nitrogens with zero attached hydrogens (tertiary/aromatic N) is 2. The average molecular weight is 383 g/mol. The van der Waals surface area contributed by atoms with Crippen LogP contribution < -0.4 is 10.2 Å². The SMILES string of the molecule is CCCCNC(=O)c1cccc(C(=O)N2CCN(c3ccc(F)cc3)CC2)c1. The summed E-state index contributed by atoms with van der Waals surface area (Å²) in [7, 11) is 0. The number of benzene rings is 2. The Kier molecular flexibility index (Phi) is 6.63. The molecule has 148 valence electrons. The molecule has 2 amide bonds. The summed E-state index contributed by atoms with van der Waals surface area (Å²) in [5, 5.41) is 2.88. The standard InChI is InChI=1S/C22H26FN3O2/c1-2-3-11-24-21(27)17-5-4-6-18(16-17)22(28)26-14-12-25(13-15-26)20-9-7-19(23)8-10-20/h4-10,16H,2-3,11-15H2,1H3,(H,24,27). The highest BCUT2D eigenvalue weighted by Crippen LogP contribution is 2.18. The van der Waals surface area contributed by atoms with E-state index in [1.807, 2.05) is 0 Å². The van der Waals surface area contributed by atoms with Crippen LogP contribution in [0.25, 0.3) is 0 Å². The number of anilines is 1. The molecule has 0 spiro atoms. The van der Waals surface area contributed by atoms with E-state index in [1.54, 1.807) is 41.3 Å². The minimum absolute atomic E-state index is 0.0676. The summed E-state index contributed by atoms with van der Waals surface area (Å²) in [6.07, 6.45) is 1.95. The molecule has 0 unspecified atom stereocenters. The number of nitrogens with one attached hydrogen (secondary N) is 1. The number of hydrogen-bond acceptors (Lipinski definition) is 3. The highest BCUT2D eigenvalue weighted by molar-refractivity contribution is 5.99. The number of unbranched alkanes of at least 4 members (excludes halogenated alkanes) is 1. The number of halogens is 1. The van der Waals surface area contributed by atoms with Crippen LogP contribution in [0.1, 0.15) is 40.5 Å². The Morgan fingerprint density at radius 3 is 2.36 bits per heavy atom. The lowest BCUT2D eigenvalue weighted by Gasteiger charge is -2.36. The Labute approximate surface area is 165 Å². The first-order chi connectivity index (χ1) is 13.6. The van der Waals surface area contributed by atoms with Crippen molar-refractivity contribution in [3.8, 4) is 0 Å². The van der Waals surface area contributed by atoms with Gasteiger partial charge in [-0.05, 0) is 48.9 Å². The lowest BCUT2D eigenvalue weighted by molar-refractivity contribution is 0.0747. The minimum Gasteiger partial charge on any atom is -0.368 e. The molecule has 1 fully saturated rings. The van der Waals surface area contributed by atoms with Crippen LogP contribution in [0.15, 0.2) is 48.5 Å². The monoisotopic (exact) mass is 383 g/mol. The molecule has 1 heterocycles. The molecule has 5 nitrogen and oxygen atoms in total. The van der Waals surface area contributed by atoms with Crippen LogP contribution in [0.4, 0.5) is 10.1 Å². The molecule has 1 N–H and O–H groups in total. The van der Waals surface area contributed by atoms with Gasteiger partial charge in [0.1, 0.15) is 5.82 Å². The number of rotatable bonds is 6. The van der Waals surface area contributed by atoms with Crippen molar-refractivity contribution in [3.63, 3.8) is 0 Å². The molecule has 0 aromatic heterocycles. The first kappa shape index (κ1) is 19.9. The van der Waals surface area contributed by atoms with Crippen molar-refractivity contribution in [1.82, 2.24) is 10.2 Å². The van der Waals surface area contributed by atoms with E-state index in [-0.39, 0.29) is 17.6 Å². The first-order valence-electron chi connectivity index (χ1n) is 9.76. The molecule has 0 saturated carbocycles. The normalized spacial score (nSPS) is 14.1. The van der Waals surface area contributed by atoms with Gasteiger partial charge in [-0.15, -0.1) is 0 Å². The summed E-state index contributed by atoms with van der Waals surface area (Å²) >= 11 is 0. The van der Waals surface area contributed by atoms with E-state index in [4.69, 9.17) is 0 Å². The van der Waals surface area contributed by atoms with Gasteiger partial charge in [0.25, 0.3) is 11.8 Å². The second-order valence-corrected chi connectivity index (χ2v) is 6.95. The average Bonchev–Trinajstić information content (AvgIpc) is 2.74. The van der Waals surface area contributed by atoms with Crippen molar-refractivity contribution in [2.24, 2.45) is 0 Å². The van der Waals surface area contributed by atoms with Crippen LogP contribution in [0.5, 0.6) is 0 Å². The molecule has 1 aliphatic heterocycles. The number of carbonyl (C=O) groups is 2. The van der Waals surface area contributed by atoms with Crippen LogP contribution in [0.2, 0.25) is 0 Å². The maximum absolute atomic E-state index is 13.1. The van der Waals surface area contributed by atoms with Crippen molar-refractivity contribution in [1.29, 1.82) is 0 Å². The molecule has 2 aromatic rings. The first-order valence-corrected chi connectivity index (χ1v) is 9.76. The fourth-order valence-corrected chi connectivity index (χ4v) is 3.28. The predicted molar refractivity (Wildman–Crippen MR) is 108 cm³/mol. The Hall–Kier alpha value is -2.89. The van der Waals surface area contributed by atoms with Gasteiger partial charge in [-0.1, -0.05) is 19.4 Å². The fraction of sp³-hybridized carbons (Fsp3) is 0.364. The van der Waals surface area contributed by atoms with Crippen molar-refractivity contribution in [2.45, 2.75) is 19.8 Å². The zero-order valence-electron chi connectivity index (χ0n) is 16.2. The van der Waals surface area contributed by atoms with Crippen LogP contribution in [-0.2, 0) is 0 Å². The van der Waals surface area contributed by atoms with E-state index >= 15 is 0 Å². The maximum Gasteiger partial charge on any atom is 0.253 e. The zero-order valence-corrected chi connectivity index (χ0v) is 16.2. The Balaban J connectivity index is 1.59. The van der Waals surface area contributed by atoms with E-state index in [0.717, 1.165) is 18.5 Å². The fourth-order valence-electron chi connectivity index (χ4n) is 3.28. The van der Waals surface area contributed by atoms with Gasteiger partial charge in [-0.3, -0.25) is 9.59 Å². The van der Waals surface area contributed by atoms with Crippen molar-refractivity contribution in [2.75, 3.05) is 37.6 Å². The number of amides is 2. The summed E-state index contributed by atoms with van der Waals surface area (Å²) in [6.45, 7) is 5.26. The summed E-state index contributed by atoms with van der Waals surface area (Å²) in [5.74, 6) is -0.470. The Morgan fingerprint density at radius 2 is 1.68 bits per heavy atom. The van der Waals surface area contributed by atoms with E-state index < -0.39 is 0 Å². The molecule has 1 saturated heterocycles. The summed E-state index contributed by atoms with van der Waals surface area (Å²) < 4.78 is 13.1. The third-order valence-corrected chi connectivity index (χ3v) is 4.95. The van der Waals surface area contributed by atoms with Gasteiger partial charge < -0.3 is 15.1 Å². The van der Waals surface area contributed by atoms with Gasteiger partial charge in [-0.25, -0.2) is 4.39 Å². The van der Waals surface area contributed by atoms with Crippen molar-refractivity contribution < 1.29 is 14.0 Å². The Bertz CT molecular complexity index is 815. The van der Waals surface area contributed by atoms with E-state index in [0.29, 0.717) is 43.9 Å². The number of piperazine rings is 1. The van der Waals surface area contributed by atoms with Gasteiger partial charge in [-0.2, -0.15) is 0 Å². The van der Waals surface area contributed by atoms with Gasteiger partial charge in [0.15, 0.2) is 0 Å². The van der Waals surface area contributed by atoms with Crippen molar-refractivity contribution in [3.05, 3.63) is 65.5 Å². The van der Waals surface area contributed by atoms with Crippen molar-refractivity contribution >= 4 is 17.5 Å². The number of carbonyl (C=O) groups excluding carboxylic acids is 2. The van der Waals surface area contributed by atoms with Crippen LogP contribution >= 0.6 is 0 Å². The third kappa shape index (κ3) is 4.88. The molecule has 3 rings (SSSR count). The van der Waals surface area contributed by atoms with E-state index in [9.17, 15) is 14.0 Å². The molecule has 0 radical (unpaired) electrons. The van der Waals surface area contributed by atoms with Gasteiger partial charge in [0.05, 0.1) is 0 Å². The summed E-state index contributed by atoms with van der Waals surface area (Å²) in [5.41, 5.74) is 1.99. The lowest BCUT2D eigenvalue weighted by atomic mass is 10.1.